The fourth-order valence-electron chi connectivity index (χ4n) is 4.49. The number of fused-ring (bicyclic) bond motifs is 2. The monoisotopic (exact) mass is 338 g/mol. The fourth-order valence-corrected chi connectivity index (χ4v) is 4.49. The molecule has 5 heteroatoms. The maximum atomic E-state index is 13.0. The molecule has 3 unspecified atom stereocenters. The molecule has 0 aromatic heterocycles. The topological polar surface area (TPSA) is 69.6 Å². The van der Waals surface area contributed by atoms with Crippen LogP contribution >= 0.6 is 0 Å². The molecule has 5 nitrogen and oxygen atoms in total. The third-order valence-electron chi connectivity index (χ3n) is 5.64. The van der Waals surface area contributed by atoms with Crippen LogP contribution in [0.3, 0.4) is 0 Å². The van der Waals surface area contributed by atoms with Gasteiger partial charge in [-0.1, -0.05) is 49.2 Å². The first-order valence-corrected chi connectivity index (χ1v) is 8.95. The van der Waals surface area contributed by atoms with Crippen molar-refractivity contribution >= 4 is 28.5 Å². The van der Waals surface area contributed by atoms with Gasteiger partial charge in [-0.25, -0.2) is 9.59 Å². The van der Waals surface area contributed by atoms with E-state index in [0.29, 0.717) is 12.3 Å². The molecular formula is C20H22N2O3. The average Bonchev–Trinajstić information content (AvgIpc) is 3.02. The van der Waals surface area contributed by atoms with Crippen molar-refractivity contribution in [3.05, 3.63) is 42.5 Å². The Morgan fingerprint density at radius 1 is 1.04 bits per heavy atom. The van der Waals surface area contributed by atoms with Crippen LogP contribution in [0.25, 0.3) is 10.8 Å². The van der Waals surface area contributed by atoms with Crippen molar-refractivity contribution in [2.75, 3.05) is 5.32 Å². The Kier molecular flexibility index (Phi) is 4.07. The van der Waals surface area contributed by atoms with E-state index in [1.165, 1.54) is 0 Å². The minimum absolute atomic E-state index is 0.0461. The predicted octanol–water partition coefficient (Wildman–Crippen LogP) is 4.09. The van der Waals surface area contributed by atoms with E-state index in [1.54, 1.807) is 4.90 Å². The van der Waals surface area contributed by atoms with E-state index in [0.717, 1.165) is 42.1 Å². The summed E-state index contributed by atoms with van der Waals surface area (Å²) in [7, 11) is 0. The molecule has 0 spiro atoms. The van der Waals surface area contributed by atoms with Gasteiger partial charge in [0.15, 0.2) is 0 Å². The van der Waals surface area contributed by atoms with Crippen molar-refractivity contribution in [1.29, 1.82) is 0 Å². The number of rotatable bonds is 2. The molecule has 2 aliphatic rings. The van der Waals surface area contributed by atoms with Crippen molar-refractivity contribution in [2.24, 2.45) is 5.92 Å². The second kappa shape index (κ2) is 6.39. The first-order valence-electron chi connectivity index (χ1n) is 8.95. The number of carbonyl (C=O) groups excluding carboxylic acids is 1. The Morgan fingerprint density at radius 3 is 2.64 bits per heavy atom. The van der Waals surface area contributed by atoms with Crippen LogP contribution in [0, 0.1) is 5.92 Å². The van der Waals surface area contributed by atoms with E-state index >= 15 is 0 Å². The molecule has 1 aliphatic heterocycles. The van der Waals surface area contributed by atoms with Gasteiger partial charge in [-0.3, -0.25) is 0 Å². The number of anilines is 1. The Balaban J connectivity index is 1.63. The van der Waals surface area contributed by atoms with Crippen molar-refractivity contribution in [2.45, 2.75) is 44.2 Å². The van der Waals surface area contributed by atoms with Gasteiger partial charge in [-0.05, 0) is 36.6 Å². The van der Waals surface area contributed by atoms with Crippen LogP contribution in [0.1, 0.15) is 32.1 Å². The number of nitrogens with one attached hydrogen (secondary N) is 1. The van der Waals surface area contributed by atoms with Gasteiger partial charge in [0.2, 0.25) is 0 Å². The highest BCUT2D eigenvalue weighted by Crippen LogP contribution is 2.40. The molecule has 2 aromatic rings. The summed E-state index contributed by atoms with van der Waals surface area (Å²) in [4.78, 5) is 26.3. The molecule has 25 heavy (non-hydrogen) atoms. The second-order valence-corrected chi connectivity index (χ2v) is 7.07. The number of carbonyl (C=O) groups is 2. The summed E-state index contributed by atoms with van der Waals surface area (Å²) in [5, 5.41) is 14.6. The van der Waals surface area contributed by atoms with E-state index in [9.17, 15) is 14.7 Å². The normalized spacial score (nSPS) is 25.6. The molecule has 2 amide bonds. The number of carboxylic acids is 1. The maximum absolute atomic E-state index is 13.0. The minimum atomic E-state index is -0.900. The quantitative estimate of drug-likeness (QED) is 0.866. The Labute approximate surface area is 146 Å². The van der Waals surface area contributed by atoms with Crippen LogP contribution in [0.15, 0.2) is 42.5 Å². The lowest BCUT2D eigenvalue weighted by Gasteiger charge is -2.33. The SMILES string of the molecule is O=C(O)C1CC2CCCCC2N1C(=O)Nc1cccc2ccccc12. The summed E-state index contributed by atoms with van der Waals surface area (Å²) in [5.74, 6) is -0.587. The zero-order valence-corrected chi connectivity index (χ0v) is 14.0. The number of aliphatic carboxylic acids is 1. The zero-order valence-electron chi connectivity index (χ0n) is 14.0. The molecule has 3 atom stereocenters. The molecule has 0 bridgehead atoms. The lowest BCUT2D eigenvalue weighted by Crippen LogP contribution is -2.48. The van der Waals surface area contributed by atoms with Gasteiger partial charge in [-0.2, -0.15) is 0 Å². The van der Waals surface area contributed by atoms with E-state index in [1.807, 2.05) is 42.5 Å². The Hall–Kier alpha value is -2.56. The van der Waals surface area contributed by atoms with Gasteiger partial charge >= 0.3 is 12.0 Å². The van der Waals surface area contributed by atoms with Crippen LogP contribution in [-0.2, 0) is 4.79 Å². The van der Waals surface area contributed by atoms with Gasteiger partial charge in [0, 0.05) is 11.4 Å². The molecule has 130 valence electrons. The lowest BCUT2D eigenvalue weighted by atomic mass is 9.85. The molecule has 2 aromatic carbocycles. The number of hydrogen-bond donors (Lipinski definition) is 2. The summed E-state index contributed by atoms with van der Waals surface area (Å²) >= 11 is 0. The van der Waals surface area contributed by atoms with Crippen molar-refractivity contribution in [3.63, 3.8) is 0 Å². The second-order valence-electron chi connectivity index (χ2n) is 7.07. The van der Waals surface area contributed by atoms with Crippen LogP contribution in [0.5, 0.6) is 0 Å². The summed E-state index contributed by atoms with van der Waals surface area (Å²) in [6.45, 7) is 0. The van der Waals surface area contributed by atoms with Gasteiger partial charge in [0.05, 0.1) is 5.69 Å². The van der Waals surface area contributed by atoms with E-state index < -0.39 is 12.0 Å². The Bertz CT molecular complexity index is 814. The van der Waals surface area contributed by atoms with Crippen molar-refractivity contribution < 1.29 is 14.7 Å². The number of amides is 2. The highest BCUT2D eigenvalue weighted by molar-refractivity contribution is 6.02. The molecule has 0 radical (unpaired) electrons. The molecule has 1 heterocycles. The smallest absolute Gasteiger partial charge is 0.326 e. The molecule has 2 fully saturated rings. The first-order chi connectivity index (χ1) is 12.1. The van der Waals surface area contributed by atoms with E-state index in [4.69, 9.17) is 0 Å². The number of hydrogen-bond acceptors (Lipinski definition) is 2. The fraction of sp³-hybridized carbons (Fsp3) is 0.400. The number of benzene rings is 2. The zero-order chi connectivity index (χ0) is 17.4. The molecule has 4 rings (SSSR count). The lowest BCUT2D eigenvalue weighted by molar-refractivity contribution is -0.141. The summed E-state index contributed by atoms with van der Waals surface area (Å²) < 4.78 is 0. The highest BCUT2D eigenvalue weighted by Gasteiger charge is 2.47. The van der Waals surface area contributed by atoms with Crippen molar-refractivity contribution in [1.82, 2.24) is 4.90 Å². The number of nitrogens with zero attached hydrogens (tertiary/aromatic N) is 1. The van der Waals surface area contributed by atoms with Crippen molar-refractivity contribution in [3.8, 4) is 0 Å². The van der Waals surface area contributed by atoms with Crippen LogP contribution in [-0.4, -0.2) is 34.1 Å². The van der Waals surface area contributed by atoms with Gasteiger partial charge in [0.25, 0.3) is 0 Å². The molecule has 1 aliphatic carbocycles. The first kappa shape index (κ1) is 15.9. The molecule has 1 saturated heterocycles. The largest absolute Gasteiger partial charge is 0.480 e. The standard InChI is InChI=1S/C20H22N2O3/c23-19(24)18-12-14-7-2-4-11-17(14)22(18)20(25)21-16-10-5-8-13-6-1-3-9-15(13)16/h1,3,5-6,8-10,14,17-18H,2,4,7,11-12H2,(H,21,25)(H,23,24). The van der Waals surface area contributed by atoms with E-state index in [2.05, 4.69) is 5.32 Å². The van der Waals surface area contributed by atoms with Gasteiger partial charge < -0.3 is 15.3 Å². The summed E-state index contributed by atoms with van der Waals surface area (Å²) in [5.41, 5.74) is 0.728. The molecule has 1 saturated carbocycles. The maximum Gasteiger partial charge on any atom is 0.326 e. The third kappa shape index (κ3) is 2.84. The van der Waals surface area contributed by atoms with Crippen LogP contribution in [0.4, 0.5) is 10.5 Å². The predicted molar refractivity (Wildman–Crippen MR) is 96.6 cm³/mol. The molecule has 2 N–H and O–H groups in total. The summed E-state index contributed by atoms with van der Waals surface area (Å²) in [6.07, 6.45) is 4.69. The van der Waals surface area contributed by atoms with Crippen LogP contribution < -0.4 is 5.32 Å². The minimum Gasteiger partial charge on any atom is -0.480 e. The summed E-state index contributed by atoms with van der Waals surface area (Å²) in [6, 6.07) is 12.7. The Morgan fingerprint density at radius 2 is 1.80 bits per heavy atom. The van der Waals surface area contributed by atoms with Gasteiger partial charge in [0.1, 0.15) is 6.04 Å². The highest BCUT2D eigenvalue weighted by atomic mass is 16.4. The van der Waals surface area contributed by atoms with Gasteiger partial charge in [-0.15, -0.1) is 0 Å². The third-order valence-corrected chi connectivity index (χ3v) is 5.64. The van der Waals surface area contributed by atoms with E-state index in [-0.39, 0.29) is 12.1 Å². The number of likely N-dealkylation sites (tertiary alicyclic amines) is 1. The number of carboxylic acid groups (broad SMARTS) is 1. The average molecular weight is 338 g/mol. The van der Waals surface area contributed by atoms with Crippen LogP contribution in [0.2, 0.25) is 0 Å². The number of urea groups is 1. The molecular weight excluding hydrogens is 316 g/mol.